The van der Waals surface area contributed by atoms with Gasteiger partial charge < -0.3 is 19.2 Å². The normalized spacial score (nSPS) is 15.0. The molecule has 35 heavy (non-hydrogen) atoms. The fourth-order valence-electron chi connectivity index (χ4n) is 3.47. The first-order valence-corrected chi connectivity index (χ1v) is 11.7. The van der Waals surface area contributed by atoms with E-state index >= 15 is 0 Å². The van der Waals surface area contributed by atoms with Crippen molar-refractivity contribution in [2.24, 2.45) is 0 Å². The number of hydrogen-bond donors (Lipinski definition) is 2. The summed E-state index contributed by atoms with van der Waals surface area (Å²) in [4.78, 5) is 30.1. The number of aryl methyl sites for hydroxylation is 2. The summed E-state index contributed by atoms with van der Waals surface area (Å²) in [6.07, 6.45) is 1.60. The maximum absolute atomic E-state index is 12.9. The molecular weight excluding hydrogens is 470 g/mol. The molecule has 3 heterocycles. The van der Waals surface area contributed by atoms with Crippen LogP contribution in [0.15, 0.2) is 53.1 Å². The van der Waals surface area contributed by atoms with Crippen LogP contribution in [0.25, 0.3) is 11.5 Å². The monoisotopic (exact) mass is 491 g/mol. The molecule has 0 unspecified atom stereocenters. The number of carbonyl (C=O) groups is 2. The van der Waals surface area contributed by atoms with Gasteiger partial charge in [-0.15, -0.1) is 21.5 Å². The van der Waals surface area contributed by atoms with Crippen LogP contribution in [0.4, 0.5) is 5.13 Å². The Hall–Kier alpha value is -4.25. The number of anilines is 1. The third kappa shape index (κ3) is 5.30. The minimum absolute atomic E-state index is 0.188. The highest BCUT2D eigenvalue weighted by molar-refractivity contribution is 7.15. The van der Waals surface area contributed by atoms with Gasteiger partial charge in [-0.05, 0) is 43.3 Å². The molecule has 0 aliphatic carbocycles. The average Bonchev–Trinajstić information content (AvgIpc) is 3.56. The molecule has 1 aliphatic heterocycles. The molecule has 178 valence electrons. The largest absolute Gasteiger partial charge is 0.480 e. The predicted molar refractivity (Wildman–Crippen MR) is 128 cm³/mol. The van der Waals surface area contributed by atoms with E-state index in [2.05, 4.69) is 25.8 Å². The van der Waals surface area contributed by atoms with Gasteiger partial charge in [0.05, 0.1) is 0 Å². The van der Waals surface area contributed by atoms with Crippen molar-refractivity contribution in [2.45, 2.75) is 26.4 Å². The van der Waals surface area contributed by atoms with Gasteiger partial charge in [-0.2, -0.15) is 0 Å². The highest BCUT2D eigenvalue weighted by atomic mass is 32.1. The number of rotatable bonds is 7. The van der Waals surface area contributed by atoms with Gasteiger partial charge in [-0.3, -0.25) is 14.9 Å². The summed E-state index contributed by atoms with van der Waals surface area (Å²) in [5, 5.41) is 13.9. The van der Waals surface area contributed by atoms with Crippen molar-refractivity contribution in [3.05, 3.63) is 65.0 Å². The standard InChI is InChI=1S/C24H21N5O5S/c1-13-12-26-24(35-13)27-21(30)16-9-18(11-19(10-16)34-20-7-8-25-22(20)31)33-17-5-3-15(4-6-17)23-29-28-14(2)32-23/h3-6,9-12,20H,7-8H2,1-2H3,(H,25,31)(H,26,27,30)/t20-/m0/s1. The van der Waals surface area contributed by atoms with Crippen LogP contribution in [-0.4, -0.2) is 39.6 Å². The molecule has 5 rings (SSSR count). The van der Waals surface area contributed by atoms with Gasteiger partial charge in [-0.1, -0.05) is 0 Å². The zero-order valence-electron chi connectivity index (χ0n) is 18.9. The minimum atomic E-state index is -0.625. The molecule has 0 bridgehead atoms. The summed E-state index contributed by atoms with van der Waals surface area (Å²) < 4.78 is 17.3. The van der Waals surface area contributed by atoms with Gasteiger partial charge in [0, 0.05) is 48.2 Å². The fraction of sp³-hybridized carbons (Fsp3) is 0.208. The second-order valence-corrected chi connectivity index (χ2v) is 9.10. The van der Waals surface area contributed by atoms with E-state index in [9.17, 15) is 9.59 Å². The van der Waals surface area contributed by atoms with Crippen molar-refractivity contribution < 1.29 is 23.5 Å². The van der Waals surface area contributed by atoms with Crippen LogP contribution >= 0.6 is 11.3 Å². The number of thiazole rings is 1. The van der Waals surface area contributed by atoms with E-state index in [0.717, 1.165) is 10.4 Å². The van der Waals surface area contributed by atoms with Crippen LogP contribution in [0, 0.1) is 13.8 Å². The quantitative estimate of drug-likeness (QED) is 0.395. The summed E-state index contributed by atoms with van der Waals surface area (Å²) in [7, 11) is 0. The third-order valence-electron chi connectivity index (χ3n) is 5.12. The van der Waals surface area contributed by atoms with Crippen molar-refractivity contribution in [3.63, 3.8) is 0 Å². The first-order chi connectivity index (χ1) is 16.9. The Labute approximate surface area is 204 Å². The molecule has 1 saturated heterocycles. The SMILES string of the molecule is Cc1nnc(-c2ccc(Oc3cc(O[C@H]4CCNC4=O)cc(C(=O)Nc4ncc(C)s4)c3)cc2)o1. The third-order valence-corrected chi connectivity index (χ3v) is 5.95. The Kier molecular flexibility index (Phi) is 6.15. The van der Waals surface area contributed by atoms with Crippen molar-refractivity contribution >= 4 is 28.3 Å². The molecule has 1 atom stereocenters. The molecule has 2 aromatic carbocycles. The molecule has 1 fully saturated rings. The molecule has 4 aromatic rings. The van der Waals surface area contributed by atoms with Gasteiger partial charge in [0.25, 0.3) is 11.8 Å². The lowest BCUT2D eigenvalue weighted by molar-refractivity contribution is -0.124. The molecule has 0 radical (unpaired) electrons. The van der Waals surface area contributed by atoms with E-state index in [4.69, 9.17) is 13.9 Å². The zero-order chi connectivity index (χ0) is 24.4. The van der Waals surface area contributed by atoms with E-state index in [1.54, 1.807) is 55.6 Å². The van der Waals surface area contributed by atoms with Crippen molar-refractivity contribution in [1.29, 1.82) is 0 Å². The Balaban J connectivity index is 1.39. The van der Waals surface area contributed by atoms with Gasteiger partial charge in [0.2, 0.25) is 11.8 Å². The van der Waals surface area contributed by atoms with Crippen LogP contribution in [0.3, 0.4) is 0 Å². The maximum Gasteiger partial charge on any atom is 0.261 e. The Morgan fingerprint density at radius 3 is 2.57 bits per heavy atom. The summed E-state index contributed by atoms with van der Waals surface area (Å²) in [5.74, 6) is 1.59. The van der Waals surface area contributed by atoms with E-state index in [-0.39, 0.29) is 11.8 Å². The second kappa shape index (κ2) is 9.55. The number of ether oxygens (including phenoxy) is 2. The van der Waals surface area contributed by atoms with Crippen LogP contribution in [-0.2, 0) is 4.79 Å². The summed E-state index contributed by atoms with van der Waals surface area (Å²) in [6.45, 7) is 4.18. The highest BCUT2D eigenvalue weighted by Gasteiger charge is 2.26. The number of nitrogens with one attached hydrogen (secondary N) is 2. The number of carbonyl (C=O) groups excluding carboxylic acids is 2. The zero-order valence-corrected chi connectivity index (χ0v) is 19.7. The number of nitrogens with zero attached hydrogens (tertiary/aromatic N) is 3. The fourth-order valence-corrected chi connectivity index (χ4v) is 4.13. The predicted octanol–water partition coefficient (Wildman–Crippen LogP) is 4.12. The molecular formula is C24H21N5O5S. The van der Waals surface area contributed by atoms with Crippen LogP contribution in [0.1, 0.15) is 27.5 Å². The number of amides is 2. The van der Waals surface area contributed by atoms with Crippen molar-refractivity contribution in [1.82, 2.24) is 20.5 Å². The lowest BCUT2D eigenvalue weighted by Gasteiger charge is -2.14. The summed E-state index contributed by atoms with van der Waals surface area (Å²) in [5.41, 5.74) is 1.06. The van der Waals surface area contributed by atoms with Gasteiger partial charge in [-0.25, -0.2) is 4.98 Å². The average molecular weight is 492 g/mol. The van der Waals surface area contributed by atoms with Crippen LogP contribution in [0.5, 0.6) is 17.2 Å². The Bertz CT molecular complexity index is 1380. The van der Waals surface area contributed by atoms with E-state index in [1.807, 2.05) is 6.92 Å². The smallest absolute Gasteiger partial charge is 0.261 e. The molecule has 2 N–H and O–H groups in total. The summed E-state index contributed by atoms with van der Waals surface area (Å²) >= 11 is 1.37. The van der Waals surface area contributed by atoms with Gasteiger partial charge in [0.1, 0.15) is 17.2 Å². The number of benzene rings is 2. The Morgan fingerprint density at radius 2 is 1.91 bits per heavy atom. The van der Waals surface area contributed by atoms with Crippen LogP contribution in [0.2, 0.25) is 0 Å². The van der Waals surface area contributed by atoms with Crippen molar-refractivity contribution in [3.8, 4) is 28.7 Å². The molecule has 2 amide bonds. The minimum Gasteiger partial charge on any atom is -0.480 e. The number of aromatic nitrogens is 3. The van der Waals surface area contributed by atoms with Crippen LogP contribution < -0.4 is 20.1 Å². The van der Waals surface area contributed by atoms with E-state index in [1.165, 1.54) is 11.3 Å². The maximum atomic E-state index is 12.9. The topological polar surface area (TPSA) is 128 Å². The molecule has 0 saturated carbocycles. The second-order valence-electron chi connectivity index (χ2n) is 7.86. The van der Waals surface area contributed by atoms with Crippen molar-refractivity contribution in [2.75, 3.05) is 11.9 Å². The van der Waals surface area contributed by atoms with Gasteiger partial charge >= 0.3 is 0 Å². The Morgan fingerprint density at radius 1 is 1.11 bits per heavy atom. The molecule has 10 nitrogen and oxygen atoms in total. The first kappa shape index (κ1) is 22.5. The summed E-state index contributed by atoms with van der Waals surface area (Å²) in [6, 6.07) is 11.9. The molecule has 11 heteroatoms. The van der Waals surface area contributed by atoms with E-state index < -0.39 is 6.10 Å². The van der Waals surface area contributed by atoms with Gasteiger partial charge in [0.15, 0.2) is 11.2 Å². The molecule has 0 spiro atoms. The lowest BCUT2D eigenvalue weighted by Crippen LogP contribution is -2.27. The number of hydrogen-bond acceptors (Lipinski definition) is 9. The molecule has 2 aromatic heterocycles. The lowest BCUT2D eigenvalue weighted by atomic mass is 10.1. The molecule has 1 aliphatic rings. The highest BCUT2D eigenvalue weighted by Crippen LogP contribution is 2.31. The first-order valence-electron chi connectivity index (χ1n) is 10.8. The van der Waals surface area contributed by atoms with E-state index in [0.29, 0.717) is 52.7 Å².